The maximum atomic E-state index is 12.9. The lowest BCUT2D eigenvalue weighted by Crippen LogP contribution is -1.93. The Labute approximate surface area is 97.6 Å². The molecule has 0 aliphatic heterocycles. The fourth-order valence-electron chi connectivity index (χ4n) is 1.84. The minimum absolute atomic E-state index is 0.247. The molecule has 0 aliphatic rings. The zero-order valence-corrected chi connectivity index (χ0v) is 9.18. The van der Waals surface area contributed by atoms with Gasteiger partial charge in [-0.3, -0.25) is 4.98 Å². The standard InChI is InChI=1S/C13H9FN3/c1-17-12(9-2-4-10(14)5-3-9)8-11-13(17)16-7-6-15-11/h2-7H,1H3. The van der Waals surface area contributed by atoms with E-state index in [4.69, 9.17) is 0 Å². The van der Waals surface area contributed by atoms with Crippen LogP contribution in [0.1, 0.15) is 0 Å². The maximum absolute atomic E-state index is 12.9. The first-order valence-electron chi connectivity index (χ1n) is 5.20. The summed E-state index contributed by atoms with van der Waals surface area (Å²) >= 11 is 0. The normalized spacial score (nSPS) is 10.9. The number of hydrogen-bond donors (Lipinski definition) is 0. The summed E-state index contributed by atoms with van der Waals surface area (Å²) in [5.41, 5.74) is 3.24. The van der Waals surface area contributed by atoms with Crippen molar-refractivity contribution in [3.05, 3.63) is 48.5 Å². The second-order valence-corrected chi connectivity index (χ2v) is 3.77. The molecule has 0 unspecified atom stereocenters. The van der Waals surface area contributed by atoms with Crippen molar-refractivity contribution in [3.8, 4) is 11.3 Å². The molecule has 2 heterocycles. The second kappa shape index (κ2) is 3.66. The van der Waals surface area contributed by atoms with E-state index >= 15 is 0 Å². The molecular formula is C13H9FN3. The molecule has 3 nitrogen and oxygen atoms in total. The van der Waals surface area contributed by atoms with Crippen molar-refractivity contribution in [2.45, 2.75) is 0 Å². The van der Waals surface area contributed by atoms with Gasteiger partial charge in [0.1, 0.15) is 11.3 Å². The van der Waals surface area contributed by atoms with Crippen molar-refractivity contribution >= 4 is 11.2 Å². The summed E-state index contributed by atoms with van der Waals surface area (Å²) in [6.45, 7) is 0. The lowest BCUT2D eigenvalue weighted by Gasteiger charge is -2.02. The average molecular weight is 226 g/mol. The lowest BCUT2D eigenvalue weighted by molar-refractivity contribution is 0.628. The highest BCUT2D eigenvalue weighted by Gasteiger charge is 2.09. The summed E-state index contributed by atoms with van der Waals surface area (Å²) in [6, 6.07) is 9.48. The monoisotopic (exact) mass is 226 g/mol. The van der Waals surface area contributed by atoms with Crippen LogP contribution in [0.5, 0.6) is 0 Å². The summed E-state index contributed by atoms with van der Waals surface area (Å²) in [5, 5.41) is 0. The summed E-state index contributed by atoms with van der Waals surface area (Å²) < 4.78 is 14.8. The third-order valence-electron chi connectivity index (χ3n) is 2.69. The number of nitrogens with zero attached hydrogens (tertiary/aromatic N) is 3. The van der Waals surface area contributed by atoms with Gasteiger partial charge in [0.15, 0.2) is 5.65 Å². The van der Waals surface area contributed by atoms with Gasteiger partial charge in [0, 0.05) is 25.5 Å². The third-order valence-corrected chi connectivity index (χ3v) is 2.69. The predicted octanol–water partition coefficient (Wildman–Crippen LogP) is 2.57. The van der Waals surface area contributed by atoms with Crippen LogP contribution in [0.3, 0.4) is 0 Å². The topological polar surface area (TPSA) is 30.7 Å². The Morgan fingerprint density at radius 3 is 2.53 bits per heavy atom. The maximum Gasteiger partial charge on any atom is 0.159 e. The molecular weight excluding hydrogens is 217 g/mol. The van der Waals surface area contributed by atoms with E-state index in [9.17, 15) is 4.39 Å². The first-order valence-corrected chi connectivity index (χ1v) is 5.20. The Hall–Kier alpha value is -2.23. The molecule has 0 fully saturated rings. The average Bonchev–Trinajstić information content (AvgIpc) is 2.69. The molecule has 83 valence electrons. The predicted molar refractivity (Wildman–Crippen MR) is 62.7 cm³/mol. The summed E-state index contributed by atoms with van der Waals surface area (Å²) in [4.78, 5) is 8.43. The van der Waals surface area contributed by atoms with Crippen molar-refractivity contribution in [2.75, 3.05) is 0 Å². The Morgan fingerprint density at radius 2 is 1.82 bits per heavy atom. The Morgan fingerprint density at radius 1 is 1.12 bits per heavy atom. The molecule has 3 aromatic rings. The minimum atomic E-state index is -0.247. The number of aryl methyl sites for hydroxylation is 1. The van der Waals surface area contributed by atoms with E-state index in [0.29, 0.717) is 5.52 Å². The van der Waals surface area contributed by atoms with Gasteiger partial charge in [-0.05, 0) is 29.8 Å². The van der Waals surface area contributed by atoms with Crippen LogP contribution in [0.2, 0.25) is 0 Å². The van der Waals surface area contributed by atoms with Gasteiger partial charge >= 0.3 is 0 Å². The fourth-order valence-corrected chi connectivity index (χ4v) is 1.84. The van der Waals surface area contributed by atoms with E-state index in [1.165, 1.54) is 12.1 Å². The minimum Gasteiger partial charge on any atom is -0.326 e. The first-order chi connectivity index (χ1) is 8.25. The van der Waals surface area contributed by atoms with Crippen LogP contribution in [0, 0.1) is 11.9 Å². The molecule has 4 heteroatoms. The smallest absolute Gasteiger partial charge is 0.159 e. The van der Waals surface area contributed by atoms with Crippen molar-refractivity contribution < 1.29 is 4.39 Å². The van der Waals surface area contributed by atoms with Crippen LogP contribution in [-0.2, 0) is 7.05 Å². The van der Waals surface area contributed by atoms with Gasteiger partial charge < -0.3 is 4.57 Å². The number of rotatable bonds is 1. The number of halogens is 1. The van der Waals surface area contributed by atoms with E-state index in [1.807, 2.05) is 11.6 Å². The van der Waals surface area contributed by atoms with Crippen LogP contribution in [-0.4, -0.2) is 14.5 Å². The molecule has 0 aliphatic carbocycles. The van der Waals surface area contributed by atoms with E-state index in [0.717, 1.165) is 16.9 Å². The molecule has 0 saturated heterocycles. The van der Waals surface area contributed by atoms with Crippen molar-refractivity contribution in [1.82, 2.24) is 14.5 Å². The SMILES string of the molecule is Cn1c(-c2ccc(F)cc2)[c]c2nccnc21. The molecule has 17 heavy (non-hydrogen) atoms. The van der Waals surface area contributed by atoms with Crippen molar-refractivity contribution in [3.63, 3.8) is 0 Å². The van der Waals surface area contributed by atoms with Crippen molar-refractivity contribution in [1.29, 1.82) is 0 Å². The number of benzene rings is 1. The fraction of sp³-hybridized carbons (Fsp3) is 0.0769. The Bertz CT molecular complexity index is 671. The zero-order chi connectivity index (χ0) is 11.8. The quantitative estimate of drug-likeness (QED) is 0.638. The van der Waals surface area contributed by atoms with E-state index < -0.39 is 0 Å². The molecule has 1 aromatic carbocycles. The molecule has 1 radical (unpaired) electrons. The largest absolute Gasteiger partial charge is 0.326 e. The van der Waals surface area contributed by atoms with Gasteiger partial charge in [0.2, 0.25) is 0 Å². The molecule has 2 aromatic heterocycles. The van der Waals surface area contributed by atoms with Gasteiger partial charge in [-0.1, -0.05) is 0 Å². The van der Waals surface area contributed by atoms with Crippen LogP contribution >= 0.6 is 0 Å². The van der Waals surface area contributed by atoms with Crippen LogP contribution in [0.15, 0.2) is 36.7 Å². The third kappa shape index (κ3) is 1.58. The summed E-state index contributed by atoms with van der Waals surface area (Å²) in [5.74, 6) is -0.247. The summed E-state index contributed by atoms with van der Waals surface area (Å²) in [6.07, 6.45) is 3.28. The highest BCUT2D eigenvalue weighted by Crippen LogP contribution is 2.24. The van der Waals surface area contributed by atoms with Gasteiger partial charge in [-0.25, -0.2) is 9.37 Å². The number of aromatic nitrogens is 3. The molecule has 0 spiro atoms. The molecule has 0 bridgehead atoms. The first kappa shape index (κ1) is 9.96. The van der Waals surface area contributed by atoms with E-state index in [-0.39, 0.29) is 5.82 Å². The van der Waals surface area contributed by atoms with Crippen LogP contribution < -0.4 is 0 Å². The molecule has 0 N–H and O–H groups in total. The van der Waals surface area contributed by atoms with Crippen molar-refractivity contribution in [2.24, 2.45) is 7.05 Å². The molecule has 3 rings (SSSR count). The lowest BCUT2D eigenvalue weighted by atomic mass is 10.1. The van der Waals surface area contributed by atoms with E-state index in [1.54, 1.807) is 24.5 Å². The highest BCUT2D eigenvalue weighted by atomic mass is 19.1. The van der Waals surface area contributed by atoms with Crippen LogP contribution in [0.25, 0.3) is 22.4 Å². The van der Waals surface area contributed by atoms with Gasteiger partial charge in [-0.15, -0.1) is 0 Å². The molecule has 0 atom stereocenters. The second-order valence-electron chi connectivity index (χ2n) is 3.77. The van der Waals surface area contributed by atoms with Gasteiger partial charge in [-0.2, -0.15) is 0 Å². The zero-order valence-electron chi connectivity index (χ0n) is 9.18. The highest BCUT2D eigenvalue weighted by molar-refractivity contribution is 5.79. The van der Waals surface area contributed by atoms with E-state index in [2.05, 4.69) is 16.0 Å². The van der Waals surface area contributed by atoms with Crippen LogP contribution in [0.4, 0.5) is 4.39 Å². The summed E-state index contributed by atoms with van der Waals surface area (Å²) in [7, 11) is 1.90. The molecule has 0 amide bonds. The number of hydrogen-bond acceptors (Lipinski definition) is 2. The number of fused-ring (bicyclic) bond motifs is 1. The Balaban J connectivity index is 2.24. The molecule has 0 saturated carbocycles. The van der Waals surface area contributed by atoms with Gasteiger partial charge in [0.25, 0.3) is 0 Å². The van der Waals surface area contributed by atoms with Gasteiger partial charge in [0.05, 0.1) is 5.69 Å². The Kier molecular flexibility index (Phi) is 2.14.